The molecule has 4 atom stereocenters. The molecule has 0 unspecified atom stereocenters. The maximum Gasteiger partial charge on any atom is 0.269 e. The number of nitrogens with zero attached hydrogens (tertiary/aromatic N) is 1. The van der Waals surface area contributed by atoms with Crippen LogP contribution >= 0.6 is 0 Å². The molecule has 0 radical (unpaired) electrons. The average Bonchev–Trinajstić information content (AvgIpc) is 3.37. The summed E-state index contributed by atoms with van der Waals surface area (Å²) >= 11 is 0. The number of nitro benzene ring substituents is 1. The second-order valence-corrected chi connectivity index (χ2v) is 9.79. The number of Topliss-reactive ketones (excluding diaryl/α,β-unsaturated/α-hetero) is 1. The first-order valence-corrected chi connectivity index (χ1v) is 13.5. The van der Waals surface area contributed by atoms with E-state index in [1.165, 1.54) is 24.3 Å². The van der Waals surface area contributed by atoms with Crippen molar-refractivity contribution in [3.63, 3.8) is 0 Å². The standard InChI is InChI=1S/C33H31NO7/c35-30(27-16-18-28(19-17-27)34(36)37)32-33(40-22-26-14-8-3-9-15-26)31(39-21-25-12-6-2-7-13-25)29(41-32)23-38-20-24-10-4-1-5-11-24/h1-19,29,31-33H,20-23H2/t29-,31-,32+,33+/m1/s1. The Kier molecular flexibility index (Phi) is 9.61. The molecule has 1 fully saturated rings. The fourth-order valence-electron chi connectivity index (χ4n) is 4.77. The highest BCUT2D eigenvalue weighted by atomic mass is 16.6. The van der Waals surface area contributed by atoms with Gasteiger partial charge in [-0.15, -0.1) is 0 Å². The maximum atomic E-state index is 13.7. The number of hydrogen-bond acceptors (Lipinski definition) is 7. The number of benzene rings is 4. The van der Waals surface area contributed by atoms with Gasteiger partial charge in [-0.25, -0.2) is 0 Å². The van der Waals surface area contributed by atoms with Gasteiger partial charge in [0.05, 0.1) is 31.4 Å². The number of rotatable bonds is 13. The Morgan fingerprint density at radius 2 is 1.17 bits per heavy atom. The molecule has 0 N–H and O–H groups in total. The SMILES string of the molecule is O=C(c1ccc([N+](=O)[O-])cc1)[C@@H]1O[C@H](COCc2ccccc2)[C@@H](OCc2ccccc2)[C@@H]1OCc1ccccc1. The van der Waals surface area contributed by atoms with Crippen LogP contribution in [0.15, 0.2) is 115 Å². The van der Waals surface area contributed by atoms with Crippen molar-refractivity contribution in [2.75, 3.05) is 6.61 Å². The van der Waals surface area contributed by atoms with Crippen molar-refractivity contribution in [3.05, 3.63) is 148 Å². The van der Waals surface area contributed by atoms with E-state index in [4.69, 9.17) is 18.9 Å². The number of ether oxygens (including phenoxy) is 4. The van der Waals surface area contributed by atoms with Crippen molar-refractivity contribution < 1.29 is 28.7 Å². The molecule has 0 aliphatic carbocycles. The lowest BCUT2D eigenvalue weighted by Crippen LogP contribution is -2.41. The Labute approximate surface area is 238 Å². The number of non-ortho nitro benzene ring substituents is 1. The summed E-state index contributed by atoms with van der Waals surface area (Å²) in [6.07, 6.45) is -2.94. The Hall–Kier alpha value is -4.21. The molecule has 8 heteroatoms. The number of hydrogen-bond donors (Lipinski definition) is 0. The minimum atomic E-state index is -0.994. The summed E-state index contributed by atoms with van der Waals surface area (Å²) in [5.74, 6) is -0.336. The first kappa shape index (κ1) is 28.3. The number of carbonyl (C=O) groups excluding carboxylic acids is 1. The molecular formula is C33H31NO7. The minimum Gasteiger partial charge on any atom is -0.374 e. The van der Waals surface area contributed by atoms with E-state index in [0.717, 1.165) is 16.7 Å². The van der Waals surface area contributed by atoms with Crippen LogP contribution in [0.2, 0.25) is 0 Å². The van der Waals surface area contributed by atoms with Crippen LogP contribution in [0.3, 0.4) is 0 Å². The molecule has 1 aliphatic rings. The Morgan fingerprint density at radius 3 is 1.68 bits per heavy atom. The maximum absolute atomic E-state index is 13.7. The molecule has 41 heavy (non-hydrogen) atoms. The van der Waals surface area contributed by atoms with Gasteiger partial charge in [-0.1, -0.05) is 91.0 Å². The van der Waals surface area contributed by atoms with E-state index in [1.54, 1.807) is 0 Å². The molecule has 0 spiro atoms. The fraction of sp³-hybridized carbons (Fsp3) is 0.242. The van der Waals surface area contributed by atoms with Crippen LogP contribution in [0.4, 0.5) is 5.69 Å². The van der Waals surface area contributed by atoms with Gasteiger partial charge in [0.2, 0.25) is 0 Å². The summed E-state index contributed by atoms with van der Waals surface area (Å²) in [5, 5.41) is 11.1. The second kappa shape index (κ2) is 13.9. The van der Waals surface area contributed by atoms with E-state index >= 15 is 0 Å². The van der Waals surface area contributed by atoms with E-state index in [9.17, 15) is 14.9 Å². The lowest BCUT2D eigenvalue weighted by atomic mass is 9.99. The average molecular weight is 554 g/mol. The summed E-state index contributed by atoms with van der Waals surface area (Å²) in [5.41, 5.74) is 3.13. The zero-order valence-electron chi connectivity index (χ0n) is 22.4. The summed E-state index contributed by atoms with van der Waals surface area (Å²) < 4.78 is 25.1. The number of ketones is 1. The smallest absolute Gasteiger partial charge is 0.269 e. The van der Waals surface area contributed by atoms with Gasteiger partial charge >= 0.3 is 0 Å². The zero-order valence-corrected chi connectivity index (χ0v) is 22.4. The van der Waals surface area contributed by atoms with Gasteiger partial charge in [0, 0.05) is 17.7 Å². The molecule has 0 saturated carbocycles. The highest BCUT2D eigenvalue weighted by molar-refractivity contribution is 6.00. The third-order valence-corrected chi connectivity index (χ3v) is 6.90. The number of nitro groups is 1. The van der Waals surface area contributed by atoms with Crippen LogP contribution in [0.25, 0.3) is 0 Å². The normalized spacial score (nSPS) is 20.1. The van der Waals surface area contributed by atoms with Crippen LogP contribution < -0.4 is 0 Å². The third-order valence-electron chi connectivity index (χ3n) is 6.90. The fourth-order valence-corrected chi connectivity index (χ4v) is 4.77. The van der Waals surface area contributed by atoms with E-state index in [0.29, 0.717) is 18.8 Å². The quantitative estimate of drug-likeness (QED) is 0.115. The van der Waals surface area contributed by atoms with Gasteiger partial charge in [-0.05, 0) is 28.8 Å². The molecule has 8 nitrogen and oxygen atoms in total. The van der Waals surface area contributed by atoms with Gasteiger partial charge in [0.15, 0.2) is 5.78 Å². The first-order chi connectivity index (χ1) is 20.1. The summed E-state index contributed by atoms with van der Waals surface area (Å²) in [6, 6.07) is 34.7. The van der Waals surface area contributed by atoms with E-state index in [1.807, 2.05) is 91.0 Å². The van der Waals surface area contributed by atoms with Crippen molar-refractivity contribution in [2.24, 2.45) is 0 Å². The summed E-state index contributed by atoms with van der Waals surface area (Å²) in [6.45, 7) is 1.11. The lowest BCUT2D eigenvalue weighted by Gasteiger charge is -2.25. The highest BCUT2D eigenvalue weighted by Crippen LogP contribution is 2.31. The topological polar surface area (TPSA) is 97.1 Å². The monoisotopic (exact) mass is 553 g/mol. The summed E-state index contributed by atoms with van der Waals surface area (Å²) in [7, 11) is 0. The zero-order chi connectivity index (χ0) is 28.4. The molecule has 0 aromatic heterocycles. The molecule has 4 aromatic carbocycles. The van der Waals surface area contributed by atoms with Crippen molar-refractivity contribution >= 4 is 11.5 Å². The van der Waals surface area contributed by atoms with E-state index in [2.05, 4.69) is 0 Å². The molecular weight excluding hydrogens is 522 g/mol. The van der Waals surface area contributed by atoms with Gasteiger partial charge in [0.25, 0.3) is 5.69 Å². The Morgan fingerprint density at radius 1 is 0.683 bits per heavy atom. The van der Waals surface area contributed by atoms with Crippen LogP contribution in [0.5, 0.6) is 0 Å². The Balaban J connectivity index is 1.39. The minimum absolute atomic E-state index is 0.0953. The lowest BCUT2D eigenvalue weighted by molar-refractivity contribution is -0.384. The van der Waals surface area contributed by atoms with Crippen molar-refractivity contribution in [2.45, 2.75) is 44.2 Å². The molecule has 1 saturated heterocycles. The predicted molar refractivity (Wildman–Crippen MR) is 152 cm³/mol. The van der Waals surface area contributed by atoms with Crippen LogP contribution in [-0.4, -0.2) is 41.7 Å². The van der Waals surface area contributed by atoms with Gasteiger partial charge in [-0.3, -0.25) is 14.9 Å². The molecule has 1 aliphatic heterocycles. The number of carbonyl (C=O) groups is 1. The summed E-state index contributed by atoms with van der Waals surface area (Å²) in [4.78, 5) is 24.4. The van der Waals surface area contributed by atoms with Crippen LogP contribution in [0, 0.1) is 10.1 Å². The molecule has 5 rings (SSSR count). The van der Waals surface area contributed by atoms with Crippen molar-refractivity contribution in [1.29, 1.82) is 0 Å². The molecule has 4 aromatic rings. The molecule has 0 amide bonds. The van der Waals surface area contributed by atoms with Gasteiger partial charge in [-0.2, -0.15) is 0 Å². The molecule has 0 bridgehead atoms. The van der Waals surface area contributed by atoms with Gasteiger partial charge < -0.3 is 18.9 Å². The molecule has 210 valence electrons. The van der Waals surface area contributed by atoms with E-state index < -0.39 is 29.3 Å². The predicted octanol–water partition coefficient (Wildman–Crippen LogP) is 5.93. The van der Waals surface area contributed by atoms with Crippen molar-refractivity contribution in [1.82, 2.24) is 0 Å². The third kappa shape index (κ3) is 7.50. The Bertz CT molecular complexity index is 1400. The molecule has 1 heterocycles. The van der Waals surface area contributed by atoms with Crippen LogP contribution in [0.1, 0.15) is 27.0 Å². The second-order valence-electron chi connectivity index (χ2n) is 9.79. The van der Waals surface area contributed by atoms with E-state index in [-0.39, 0.29) is 24.7 Å². The van der Waals surface area contributed by atoms with Gasteiger partial charge in [0.1, 0.15) is 24.4 Å². The highest BCUT2D eigenvalue weighted by Gasteiger charge is 2.49. The van der Waals surface area contributed by atoms with Crippen LogP contribution in [-0.2, 0) is 38.8 Å². The first-order valence-electron chi connectivity index (χ1n) is 13.5. The largest absolute Gasteiger partial charge is 0.374 e. The van der Waals surface area contributed by atoms with Crippen molar-refractivity contribution in [3.8, 4) is 0 Å².